The molecular weight excluding hydrogens is 378 g/mol. The molecular formula is C20H21N3O4S. The average molecular weight is 399 g/mol. The molecule has 1 aliphatic rings. The van der Waals surface area contributed by atoms with Crippen LogP contribution >= 0.6 is 11.3 Å². The lowest BCUT2D eigenvalue weighted by Gasteiger charge is -2.24. The van der Waals surface area contributed by atoms with Crippen molar-refractivity contribution in [2.75, 3.05) is 18.9 Å². The summed E-state index contributed by atoms with van der Waals surface area (Å²) < 4.78 is 10.5. The van der Waals surface area contributed by atoms with Crippen LogP contribution < -0.4 is 5.32 Å². The monoisotopic (exact) mass is 399 g/mol. The molecule has 2 aromatic heterocycles. The molecule has 0 saturated heterocycles. The van der Waals surface area contributed by atoms with Gasteiger partial charge in [0.05, 0.1) is 18.1 Å². The topological polar surface area (TPSA) is 95.6 Å². The van der Waals surface area contributed by atoms with E-state index in [0.717, 1.165) is 16.0 Å². The number of amides is 2. The van der Waals surface area contributed by atoms with Crippen LogP contribution in [0.15, 0.2) is 29.1 Å². The first kappa shape index (κ1) is 19.7. The van der Waals surface area contributed by atoms with Crippen LogP contribution in [0, 0.1) is 11.3 Å². The van der Waals surface area contributed by atoms with E-state index in [2.05, 4.69) is 11.4 Å². The van der Waals surface area contributed by atoms with Gasteiger partial charge >= 0.3 is 6.09 Å². The van der Waals surface area contributed by atoms with Gasteiger partial charge in [-0.25, -0.2) is 4.79 Å². The number of hydrogen-bond donors (Lipinski definition) is 1. The van der Waals surface area contributed by atoms with Crippen molar-refractivity contribution >= 4 is 34.4 Å². The highest BCUT2D eigenvalue weighted by atomic mass is 32.1. The van der Waals surface area contributed by atoms with Crippen molar-refractivity contribution in [3.8, 4) is 6.07 Å². The van der Waals surface area contributed by atoms with Gasteiger partial charge in [-0.2, -0.15) is 5.26 Å². The van der Waals surface area contributed by atoms with E-state index < -0.39 is 0 Å². The van der Waals surface area contributed by atoms with Crippen LogP contribution in [0.1, 0.15) is 34.9 Å². The lowest BCUT2D eigenvalue weighted by atomic mass is 9.94. The zero-order valence-corrected chi connectivity index (χ0v) is 16.5. The van der Waals surface area contributed by atoms with Gasteiger partial charge in [0.25, 0.3) is 0 Å². The third-order valence-electron chi connectivity index (χ3n) is 4.59. The van der Waals surface area contributed by atoms with Crippen molar-refractivity contribution in [3.05, 3.63) is 46.2 Å². The normalized spacial score (nSPS) is 15.7. The van der Waals surface area contributed by atoms with E-state index in [9.17, 15) is 14.9 Å². The molecule has 0 spiro atoms. The second-order valence-electron chi connectivity index (χ2n) is 6.46. The van der Waals surface area contributed by atoms with Crippen LogP contribution in [-0.4, -0.2) is 36.6 Å². The molecule has 0 aromatic carbocycles. The van der Waals surface area contributed by atoms with Crippen molar-refractivity contribution in [3.63, 3.8) is 0 Å². The van der Waals surface area contributed by atoms with Crippen molar-refractivity contribution in [1.29, 1.82) is 5.26 Å². The van der Waals surface area contributed by atoms with Crippen LogP contribution in [0.3, 0.4) is 0 Å². The second kappa shape index (κ2) is 8.76. The van der Waals surface area contributed by atoms with E-state index in [0.29, 0.717) is 36.4 Å². The van der Waals surface area contributed by atoms with Gasteiger partial charge < -0.3 is 19.4 Å². The summed E-state index contributed by atoms with van der Waals surface area (Å²) in [5, 5.41) is 12.9. The van der Waals surface area contributed by atoms with Gasteiger partial charge in [-0.3, -0.25) is 4.79 Å². The quantitative estimate of drug-likeness (QED) is 0.772. The molecule has 0 aliphatic heterocycles. The summed E-state index contributed by atoms with van der Waals surface area (Å²) in [5.41, 5.74) is 2.22. The highest BCUT2D eigenvalue weighted by molar-refractivity contribution is 7.16. The number of nitriles is 1. The van der Waals surface area contributed by atoms with Gasteiger partial charge in [0.15, 0.2) is 0 Å². The molecule has 3 rings (SSSR count). The Labute approximate surface area is 167 Å². The van der Waals surface area contributed by atoms with Gasteiger partial charge in [-0.05, 0) is 37.5 Å². The fraction of sp³-hybridized carbons (Fsp3) is 0.350. The molecule has 1 N–H and O–H groups in total. The van der Waals surface area contributed by atoms with Crippen molar-refractivity contribution in [1.82, 2.24) is 4.90 Å². The highest BCUT2D eigenvalue weighted by Crippen LogP contribution is 2.38. The van der Waals surface area contributed by atoms with E-state index in [-0.39, 0.29) is 18.1 Å². The molecule has 8 heteroatoms. The number of fused-ring (bicyclic) bond motifs is 1. The van der Waals surface area contributed by atoms with Crippen LogP contribution in [-0.2, 0) is 22.4 Å². The highest BCUT2D eigenvalue weighted by Gasteiger charge is 2.28. The molecule has 146 valence electrons. The lowest BCUT2D eigenvalue weighted by Crippen LogP contribution is -2.33. The molecule has 1 unspecified atom stereocenters. The number of anilines is 1. The summed E-state index contributed by atoms with van der Waals surface area (Å²) in [7, 11) is 1.69. The first-order valence-electron chi connectivity index (χ1n) is 8.99. The molecule has 0 fully saturated rings. The van der Waals surface area contributed by atoms with Gasteiger partial charge in [-0.15, -0.1) is 11.3 Å². The zero-order chi connectivity index (χ0) is 20.1. The Kier molecular flexibility index (Phi) is 6.16. The fourth-order valence-corrected chi connectivity index (χ4v) is 4.19. The number of furan rings is 1. The zero-order valence-electron chi connectivity index (χ0n) is 15.7. The summed E-state index contributed by atoms with van der Waals surface area (Å²) in [5.74, 6) is -0.316. The molecule has 0 bridgehead atoms. The Morgan fingerprint density at radius 1 is 1.54 bits per heavy atom. The Bertz CT molecular complexity index is 924. The van der Waals surface area contributed by atoms with Gasteiger partial charge in [0.2, 0.25) is 5.91 Å². The molecule has 0 saturated carbocycles. The standard InChI is InChI=1S/C20H21N3O4S/c1-3-23(2)20(25)27-14-5-6-15-16(11-21)19(28-17(15)10-14)22-18(24)7-4-13-8-9-26-12-13/h4,7-9,12,14H,3,5-6,10H2,1-2H3,(H,22,24). The van der Waals surface area contributed by atoms with Crippen LogP contribution in [0.4, 0.5) is 9.80 Å². The Hall–Kier alpha value is -3.05. The molecule has 28 heavy (non-hydrogen) atoms. The van der Waals surface area contributed by atoms with E-state index in [1.807, 2.05) is 6.92 Å². The number of rotatable bonds is 5. The van der Waals surface area contributed by atoms with Crippen LogP contribution in [0.5, 0.6) is 0 Å². The molecule has 0 radical (unpaired) electrons. The molecule has 1 atom stereocenters. The van der Waals surface area contributed by atoms with Crippen molar-refractivity contribution < 1.29 is 18.7 Å². The third-order valence-corrected chi connectivity index (χ3v) is 5.76. The number of thiophene rings is 1. The number of nitrogens with zero attached hydrogens (tertiary/aromatic N) is 2. The number of ether oxygens (including phenoxy) is 1. The predicted octanol–water partition coefficient (Wildman–Crippen LogP) is 3.81. The van der Waals surface area contributed by atoms with E-state index >= 15 is 0 Å². The minimum Gasteiger partial charge on any atom is -0.472 e. The second-order valence-corrected chi connectivity index (χ2v) is 7.57. The maximum Gasteiger partial charge on any atom is 0.409 e. The average Bonchev–Trinajstić information content (AvgIpc) is 3.32. The summed E-state index contributed by atoms with van der Waals surface area (Å²) >= 11 is 1.37. The minimum atomic E-state index is -0.342. The molecule has 2 heterocycles. The summed E-state index contributed by atoms with van der Waals surface area (Å²) in [4.78, 5) is 26.7. The predicted molar refractivity (Wildman–Crippen MR) is 106 cm³/mol. The molecule has 2 aromatic rings. The molecule has 7 nitrogen and oxygen atoms in total. The van der Waals surface area contributed by atoms with Gasteiger partial charge in [-0.1, -0.05) is 0 Å². The largest absolute Gasteiger partial charge is 0.472 e. The van der Waals surface area contributed by atoms with Crippen LogP contribution in [0.25, 0.3) is 6.08 Å². The molecule has 1 aliphatic carbocycles. The van der Waals surface area contributed by atoms with E-state index in [1.54, 1.807) is 19.2 Å². The first-order valence-corrected chi connectivity index (χ1v) is 9.81. The molecule has 2 amide bonds. The van der Waals surface area contributed by atoms with Crippen molar-refractivity contribution in [2.24, 2.45) is 0 Å². The Morgan fingerprint density at radius 2 is 2.36 bits per heavy atom. The summed E-state index contributed by atoms with van der Waals surface area (Å²) in [6.45, 7) is 2.46. The Morgan fingerprint density at radius 3 is 3.04 bits per heavy atom. The summed E-state index contributed by atoms with van der Waals surface area (Å²) in [6, 6.07) is 3.94. The van der Waals surface area contributed by atoms with Crippen molar-refractivity contribution in [2.45, 2.75) is 32.3 Å². The third kappa shape index (κ3) is 4.43. The fourth-order valence-electron chi connectivity index (χ4n) is 2.92. The summed E-state index contributed by atoms with van der Waals surface area (Å²) in [6.07, 6.45) is 7.40. The lowest BCUT2D eigenvalue weighted by molar-refractivity contribution is -0.111. The Balaban J connectivity index is 1.69. The maximum absolute atomic E-state index is 12.2. The number of carbonyl (C=O) groups is 2. The number of hydrogen-bond acceptors (Lipinski definition) is 6. The van der Waals surface area contributed by atoms with Gasteiger partial charge in [0.1, 0.15) is 17.2 Å². The SMILES string of the molecule is CCN(C)C(=O)OC1CCc2c(sc(NC(=O)C=Cc3ccoc3)c2C#N)C1. The number of nitrogens with one attached hydrogen (secondary N) is 1. The van der Waals surface area contributed by atoms with Crippen LogP contribution in [0.2, 0.25) is 0 Å². The number of carbonyl (C=O) groups excluding carboxylic acids is 2. The van der Waals surface area contributed by atoms with Gasteiger partial charge in [0, 0.05) is 36.5 Å². The van der Waals surface area contributed by atoms with E-state index in [4.69, 9.17) is 9.15 Å². The maximum atomic E-state index is 12.2. The first-order chi connectivity index (χ1) is 13.5. The smallest absolute Gasteiger partial charge is 0.409 e. The van der Waals surface area contributed by atoms with E-state index in [1.165, 1.54) is 34.8 Å². The minimum absolute atomic E-state index is 0.219.